The number of halogens is 1. The van der Waals surface area contributed by atoms with E-state index in [0.29, 0.717) is 0 Å². The first-order chi connectivity index (χ1) is 7.59. The maximum atomic E-state index is 11.5. The molecular formula is C8H7BrO. The Morgan fingerprint density at radius 1 is 1.60 bits per heavy atom. The second kappa shape index (κ2) is 2.97. The minimum atomic E-state index is -2.99. The summed E-state index contributed by atoms with van der Waals surface area (Å²) in [5.41, 5.74) is -0.705. The highest BCUT2D eigenvalue weighted by molar-refractivity contribution is 9.10. The van der Waals surface area contributed by atoms with E-state index in [1.54, 1.807) is 0 Å². The average Bonchev–Trinajstić information content (AvgIpc) is 2.22. The van der Waals surface area contributed by atoms with Crippen LogP contribution in [0.25, 0.3) is 0 Å². The maximum absolute atomic E-state index is 11.5. The van der Waals surface area contributed by atoms with Crippen LogP contribution in [0.3, 0.4) is 0 Å². The number of ketones is 1. The number of hydrogen-bond donors (Lipinski definition) is 0. The van der Waals surface area contributed by atoms with Crippen molar-refractivity contribution in [3.8, 4) is 0 Å². The predicted octanol–water partition coefficient (Wildman–Crippen LogP) is 2.65. The molecule has 52 valence electrons. The van der Waals surface area contributed by atoms with E-state index < -0.39 is 42.4 Å². The first-order valence-electron chi connectivity index (χ1n) is 5.89. The van der Waals surface area contributed by atoms with E-state index in [0.717, 1.165) is 0 Å². The highest BCUT2D eigenvalue weighted by Crippen LogP contribution is 2.10. The van der Waals surface area contributed by atoms with Gasteiger partial charge in [-0.25, -0.2) is 0 Å². The maximum Gasteiger partial charge on any atom is 0.159 e. The molecule has 0 amide bonds. The van der Waals surface area contributed by atoms with Gasteiger partial charge in [0.1, 0.15) is 0 Å². The standard InChI is InChI=1S/C8H7BrO/c1-6(10)7-2-4-8(9)5-3-7/h2-5H,1H3/i1D3,2D,3D,4D,5D. The molecule has 0 N–H and O–H groups in total. The largest absolute Gasteiger partial charge is 0.295 e. The molecule has 0 aliphatic heterocycles. The summed E-state index contributed by atoms with van der Waals surface area (Å²) < 4.78 is 50.6. The molecule has 0 bridgehead atoms. The summed E-state index contributed by atoms with van der Waals surface area (Å²) in [6.07, 6.45) is 0. The molecule has 0 saturated carbocycles. The Morgan fingerprint density at radius 2 is 2.20 bits per heavy atom. The molecule has 0 aliphatic rings. The van der Waals surface area contributed by atoms with E-state index in [1.165, 1.54) is 0 Å². The van der Waals surface area contributed by atoms with Crippen molar-refractivity contribution in [1.82, 2.24) is 0 Å². The monoisotopic (exact) mass is 205 g/mol. The van der Waals surface area contributed by atoms with Crippen LogP contribution in [0.5, 0.6) is 0 Å². The molecule has 1 rings (SSSR count). The molecule has 0 unspecified atom stereocenters. The zero-order valence-corrected chi connectivity index (χ0v) is 6.37. The van der Waals surface area contributed by atoms with Gasteiger partial charge in [-0.3, -0.25) is 4.79 Å². The minimum Gasteiger partial charge on any atom is -0.295 e. The van der Waals surface area contributed by atoms with Crippen LogP contribution < -0.4 is 0 Å². The van der Waals surface area contributed by atoms with Crippen molar-refractivity contribution >= 4 is 21.7 Å². The van der Waals surface area contributed by atoms with Gasteiger partial charge in [-0.15, -0.1) is 0 Å². The van der Waals surface area contributed by atoms with Gasteiger partial charge in [0.2, 0.25) is 0 Å². The first-order valence-corrected chi connectivity index (χ1v) is 3.19. The Bertz CT molecular complexity index is 465. The Balaban J connectivity index is 3.62. The van der Waals surface area contributed by atoms with Gasteiger partial charge in [-0.2, -0.15) is 0 Å². The van der Waals surface area contributed by atoms with Crippen molar-refractivity contribution in [3.05, 3.63) is 34.2 Å². The van der Waals surface area contributed by atoms with E-state index in [2.05, 4.69) is 15.9 Å². The smallest absolute Gasteiger partial charge is 0.159 e. The lowest BCUT2D eigenvalue weighted by Crippen LogP contribution is -1.89. The summed E-state index contributed by atoms with van der Waals surface area (Å²) in [6.45, 7) is -2.99. The summed E-state index contributed by atoms with van der Waals surface area (Å²) >= 11 is 2.85. The summed E-state index contributed by atoms with van der Waals surface area (Å²) in [5.74, 6) is -1.39. The Morgan fingerprint density at radius 3 is 2.70 bits per heavy atom. The van der Waals surface area contributed by atoms with Crippen LogP contribution in [-0.4, -0.2) is 5.78 Å². The fraction of sp³-hybridized carbons (Fsp3) is 0.125. The number of rotatable bonds is 1. The third-order valence-electron chi connectivity index (χ3n) is 0.822. The van der Waals surface area contributed by atoms with E-state index in [4.69, 9.17) is 9.60 Å². The molecule has 1 aromatic rings. The van der Waals surface area contributed by atoms with Gasteiger partial charge in [-0.05, 0) is 18.9 Å². The van der Waals surface area contributed by atoms with Crippen LogP contribution in [-0.2, 0) is 0 Å². The summed E-state index contributed by atoms with van der Waals surface area (Å²) in [5, 5.41) is 0. The van der Waals surface area contributed by atoms with Crippen molar-refractivity contribution in [2.75, 3.05) is 0 Å². The average molecular weight is 206 g/mol. The first kappa shape index (κ1) is 2.45. The van der Waals surface area contributed by atoms with E-state index in [-0.39, 0.29) is 4.47 Å². The molecule has 2 heteroatoms. The number of benzene rings is 1. The Hall–Kier alpha value is -0.630. The molecule has 0 aromatic heterocycles. The van der Waals surface area contributed by atoms with Crippen molar-refractivity contribution < 1.29 is 14.4 Å². The number of hydrogen-bond acceptors (Lipinski definition) is 1. The van der Waals surface area contributed by atoms with Gasteiger partial charge in [0.25, 0.3) is 0 Å². The summed E-state index contributed by atoms with van der Waals surface area (Å²) in [4.78, 5) is 11.5. The van der Waals surface area contributed by atoms with Crippen LogP contribution in [0, 0.1) is 0 Å². The highest BCUT2D eigenvalue weighted by atomic mass is 79.9. The fourth-order valence-corrected chi connectivity index (χ4v) is 0.609. The SMILES string of the molecule is [2H]c1c([2H])c(C(=O)C([2H])([2H])[2H])c([2H])c([2H])c1Br. The van der Waals surface area contributed by atoms with Crippen molar-refractivity contribution in [1.29, 1.82) is 0 Å². The third kappa shape index (κ3) is 1.67. The molecule has 0 spiro atoms. The molecule has 0 atom stereocenters. The minimum absolute atomic E-state index is 0.102. The number of carbonyl (C=O) groups excluding carboxylic acids is 1. The zero-order chi connectivity index (χ0) is 13.5. The molecule has 10 heavy (non-hydrogen) atoms. The van der Waals surface area contributed by atoms with Gasteiger partial charge >= 0.3 is 0 Å². The van der Waals surface area contributed by atoms with E-state index in [1.807, 2.05) is 0 Å². The van der Waals surface area contributed by atoms with Gasteiger partial charge in [-0.1, -0.05) is 28.0 Å². The molecule has 0 fully saturated rings. The molecular weight excluding hydrogens is 192 g/mol. The summed E-state index contributed by atoms with van der Waals surface area (Å²) in [6, 6.07) is -2.25. The molecule has 1 nitrogen and oxygen atoms in total. The van der Waals surface area contributed by atoms with Gasteiger partial charge in [0.15, 0.2) is 5.78 Å². The van der Waals surface area contributed by atoms with Crippen LogP contribution in [0.2, 0.25) is 0 Å². The van der Waals surface area contributed by atoms with Gasteiger partial charge in [0.05, 0.1) is 5.48 Å². The van der Waals surface area contributed by atoms with Crippen molar-refractivity contribution in [3.63, 3.8) is 0 Å². The second-order valence-corrected chi connectivity index (χ2v) is 2.31. The second-order valence-electron chi connectivity index (χ2n) is 1.52. The molecule has 0 saturated heterocycles. The van der Waals surface area contributed by atoms with Crippen LogP contribution in [0.4, 0.5) is 0 Å². The topological polar surface area (TPSA) is 17.1 Å². The van der Waals surface area contributed by atoms with Crippen LogP contribution in [0.15, 0.2) is 28.6 Å². The highest BCUT2D eigenvalue weighted by Gasteiger charge is 1.95. The van der Waals surface area contributed by atoms with Crippen molar-refractivity contribution in [2.24, 2.45) is 0 Å². The quantitative estimate of drug-likeness (QED) is 0.645. The Labute approximate surface area is 78.0 Å². The third-order valence-corrected chi connectivity index (χ3v) is 1.22. The van der Waals surface area contributed by atoms with E-state index in [9.17, 15) is 4.79 Å². The lowest BCUT2D eigenvalue weighted by molar-refractivity contribution is 0.101. The van der Waals surface area contributed by atoms with Crippen LogP contribution >= 0.6 is 15.9 Å². The zero-order valence-electron chi connectivity index (χ0n) is 11.8. The number of Topliss-reactive ketones (excluding diaryl/α,β-unsaturated/α-hetero) is 1. The fourth-order valence-electron chi connectivity index (χ4n) is 0.411. The van der Waals surface area contributed by atoms with E-state index >= 15 is 0 Å². The van der Waals surface area contributed by atoms with Crippen molar-refractivity contribution in [2.45, 2.75) is 6.85 Å². The normalized spacial score (nSPS) is 20.7. The predicted molar refractivity (Wildman–Crippen MR) is 44.1 cm³/mol. The lowest BCUT2D eigenvalue weighted by Gasteiger charge is -1.92. The van der Waals surface area contributed by atoms with Gasteiger partial charge < -0.3 is 0 Å². The Kier molecular flexibility index (Phi) is 0.728. The summed E-state index contributed by atoms with van der Waals surface area (Å²) in [7, 11) is 0. The number of carbonyl (C=O) groups is 1. The molecule has 0 radical (unpaired) electrons. The molecule has 0 aliphatic carbocycles. The lowest BCUT2D eigenvalue weighted by atomic mass is 10.2. The molecule has 0 heterocycles. The molecule has 1 aromatic carbocycles. The van der Waals surface area contributed by atoms with Gasteiger partial charge in [0, 0.05) is 14.1 Å². The van der Waals surface area contributed by atoms with Crippen LogP contribution in [0.1, 0.15) is 26.8 Å².